The summed E-state index contributed by atoms with van der Waals surface area (Å²) in [5, 5.41) is 21.2. The van der Waals surface area contributed by atoms with Crippen molar-refractivity contribution in [3.8, 4) is 0 Å². The number of tetrazole rings is 1. The second kappa shape index (κ2) is 7.00. The first-order chi connectivity index (χ1) is 10.0. The summed E-state index contributed by atoms with van der Waals surface area (Å²) in [4.78, 5) is 11.4. The van der Waals surface area contributed by atoms with Crippen LogP contribution in [-0.4, -0.2) is 31.3 Å². The van der Waals surface area contributed by atoms with Gasteiger partial charge in [-0.25, -0.2) is 4.68 Å². The Balaban J connectivity index is 1.96. The molecule has 1 atom stereocenters. The second-order valence-corrected chi connectivity index (χ2v) is 6.51. The number of aromatic nitrogens is 4. The number of hydrogen-bond acceptors (Lipinski definition) is 4. The smallest absolute Gasteiger partial charge is 0.311 e. The molecule has 2 rings (SSSR count). The summed E-state index contributed by atoms with van der Waals surface area (Å²) in [5.41, 5.74) is -0.811. The summed E-state index contributed by atoms with van der Waals surface area (Å²) >= 11 is 0. The Morgan fingerprint density at radius 2 is 2.10 bits per heavy atom. The molecule has 1 fully saturated rings. The summed E-state index contributed by atoms with van der Waals surface area (Å²) in [7, 11) is 0. The van der Waals surface area contributed by atoms with Crippen molar-refractivity contribution in [1.29, 1.82) is 0 Å². The molecule has 21 heavy (non-hydrogen) atoms. The number of carboxylic acid groups (broad SMARTS) is 1. The van der Waals surface area contributed by atoms with Crippen LogP contribution in [0.3, 0.4) is 0 Å². The van der Waals surface area contributed by atoms with E-state index in [0.717, 1.165) is 24.6 Å². The maximum atomic E-state index is 11.4. The van der Waals surface area contributed by atoms with Crippen molar-refractivity contribution >= 4 is 5.97 Å². The summed E-state index contributed by atoms with van der Waals surface area (Å²) in [6, 6.07) is 0. The van der Waals surface area contributed by atoms with E-state index in [1.165, 1.54) is 32.1 Å². The van der Waals surface area contributed by atoms with Crippen LogP contribution in [0.25, 0.3) is 0 Å². The SMILES string of the molecule is CCC(C)(Cn1nnnc1CCC1CCCCC1)C(=O)O. The molecule has 6 nitrogen and oxygen atoms in total. The van der Waals surface area contributed by atoms with E-state index in [1.54, 1.807) is 11.6 Å². The van der Waals surface area contributed by atoms with Crippen molar-refractivity contribution in [2.24, 2.45) is 11.3 Å². The fourth-order valence-electron chi connectivity index (χ4n) is 3.00. The Bertz CT molecular complexity index is 468. The van der Waals surface area contributed by atoms with Crippen LogP contribution in [0.2, 0.25) is 0 Å². The lowest BCUT2D eigenvalue weighted by Gasteiger charge is -2.23. The molecule has 1 unspecified atom stereocenters. The topological polar surface area (TPSA) is 80.9 Å². The van der Waals surface area contributed by atoms with Crippen LogP contribution in [0, 0.1) is 11.3 Å². The Kier molecular flexibility index (Phi) is 5.31. The van der Waals surface area contributed by atoms with Gasteiger partial charge in [0.1, 0.15) is 0 Å². The minimum Gasteiger partial charge on any atom is -0.481 e. The average molecular weight is 294 g/mol. The monoisotopic (exact) mass is 294 g/mol. The molecule has 1 aromatic rings. The lowest BCUT2D eigenvalue weighted by molar-refractivity contribution is -0.149. The van der Waals surface area contributed by atoms with Gasteiger partial charge in [0, 0.05) is 6.42 Å². The van der Waals surface area contributed by atoms with Gasteiger partial charge < -0.3 is 5.11 Å². The minimum absolute atomic E-state index is 0.339. The molecule has 0 aliphatic heterocycles. The van der Waals surface area contributed by atoms with Gasteiger partial charge in [0.15, 0.2) is 5.82 Å². The van der Waals surface area contributed by atoms with Gasteiger partial charge in [0.25, 0.3) is 0 Å². The van der Waals surface area contributed by atoms with Crippen LogP contribution < -0.4 is 0 Å². The van der Waals surface area contributed by atoms with Gasteiger partial charge in [-0.15, -0.1) is 5.10 Å². The van der Waals surface area contributed by atoms with Crippen LogP contribution in [0.1, 0.15) is 64.6 Å². The zero-order valence-electron chi connectivity index (χ0n) is 13.1. The molecule has 1 N–H and O–H groups in total. The molecule has 1 aromatic heterocycles. The number of nitrogens with zero attached hydrogens (tertiary/aromatic N) is 4. The molecule has 6 heteroatoms. The van der Waals surface area contributed by atoms with E-state index in [-0.39, 0.29) is 0 Å². The van der Waals surface area contributed by atoms with E-state index in [4.69, 9.17) is 0 Å². The number of aliphatic carboxylic acids is 1. The van der Waals surface area contributed by atoms with E-state index in [1.807, 2.05) is 6.92 Å². The summed E-state index contributed by atoms with van der Waals surface area (Å²) in [6.45, 7) is 3.98. The lowest BCUT2D eigenvalue weighted by atomic mass is 9.86. The molecule has 118 valence electrons. The molecule has 1 saturated carbocycles. The zero-order chi connectivity index (χ0) is 15.3. The van der Waals surface area contributed by atoms with Crippen molar-refractivity contribution < 1.29 is 9.90 Å². The van der Waals surface area contributed by atoms with Gasteiger partial charge in [-0.2, -0.15) is 0 Å². The fourth-order valence-corrected chi connectivity index (χ4v) is 3.00. The fraction of sp³-hybridized carbons (Fsp3) is 0.867. The highest BCUT2D eigenvalue weighted by Gasteiger charge is 2.33. The highest BCUT2D eigenvalue weighted by molar-refractivity contribution is 5.73. The van der Waals surface area contributed by atoms with Gasteiger partial charge in [-0.3, -0.25) is 4.79 Å². The zero-order valence-corrected chi connectivity index (χ0v) is 13.1. The van der Waals surface area contributed by atoms with Crippen LogP contribution in [0.4, 0.5) is 0 Å². The number of carbonyl (C=O) groups is 1. The van der Waals surface area contributed by atoms with E-state index in [9.17, 15) is 9.90 Å². The number of rotatable bonds is 7. The first-order valence-electron chi connectivity index (χ1n) is 8.03. The molecule has 0 spiro atoms. The van der Waals surface area contributed by atoms with Gasteiger partial charge in [-0.05, 0) is 36.1 Å². The van der Waals surface area contributed by atoms with E-state index in [2.05, 4.69) is 15.5 Å². The highest BCUT2D eigenvalue weighted by Crippen LogP contribution is 2.28. The Morgan fingerprint density at radius 3 is 2.71 bits per heavy atom. The molecule has 1 heterocycles. The number of hydrogen-bond donors (Lipinski definition) is 1. The first kappa shape index (κ1) is 15.9. The predicted molar refractivity (Wildman–Crippen MR) is 78.7 cm³/mol. The average Bonchev–Trinajstić information content (AvgIpc) is 2.93. The van der Waals surface area contributed by atoms with Gasteiger partial charge >= 0.3 is 5.97 Å². The normalized spacial score (nSPS) is 19.3. The van der Waals surface area contributed by atoms with Gasteiger partial charge in [0.2, 0.25) is 0 Å². The maximum absolute atomic E-state index is 11.4. The van der Waals surface area contributed by atoms with Gasteiger partial charge in [0.05, 0.1) is 12.0 Å². The summed E-state index contributed by atoms with van der Waals surface area (Å²) in [5.74, 6) is 0.807. The Labute approximate surface area is 125 Å². The molecule has 1 aliphatic carbocycles. The van der Waals surface area contributed by atoms with Crippen molar-refractivity contribution in [3.63, 3.8) is 0 Å². The molecule has 0 saturated heterocycles. The van der Waals surface area contributed by atoms with Crippen LogP contribution in [0.5, 0.6) is 0 Å². The highest BCUT2D eigenvalue weighted by atomic mass is 16.4. The largest absolute Gasteiger partial charge is 0.481 e. The third-order valence-corrected chi connectivity index (χ3v) is 4.90. The Morgan fingerprint density at radius 1 is 1.38 bits per heavy atom. The van der Waals surface area contributed by atoms with Crippen LogP contribution in [0.15, 0.2) is 0 Å². The van der Waals surface area contributed by atoms with Crippen LogP contribution in [-0.2, 0) is 17.8 Å². The second-order valence-electron chi connectivity index (χ2n) is 6.51. The van der Waals surface area contributed by atoms with E-state index in [0.29, 0.717) is 13.0 Å². The standard InChI is InChI=1S/C15H26N4O2/c1-3-15(2,14(20)21)11-19-13(16-17-18-19)10-9-12-7-5-4-6-8-12/h12H,3-11H2,1-2H3,(H,20,21). The molecule has 0 amide bonds. The van der Waals surface area contributed by atoms with Crippen LogP contribution >= 0.6 is 0 Å². The third kappa shape index (κ3) is 4.02. The van der Waals surface area contributed by atoms with Crippen molar-refractivity contribution in [2.75, 3.05) is 0 Å². The molecular weight excluding hydrogens is 268 g/mol. The summed E-state index contributed by atoms with van der Waals surface area (Å²) in [6.07, 6.45) is 9.16. The summed E-state index contributed by atoms with van der Waals surface area (Å²) < 4.78 is 1.68. The predicted octanol–water partition coefficient (Wildman–Crippen LogP) is 2.69. The molecule has 0 radical (unpaired) electrons. The number of carboxylic acids is 1. The Hall–Kier alpha value is -1.46. The molecular formula is C15H26N4O2. The van der Waals surface area contributed by atoms with Crippen molar-refractivity contribution in [1.82, 2.24) is 20.2 Å². The molecule has 0 bridgehead atoms. The third-order valence-electron chi connectivity index (χ3n) is 4.90. The van der Waals surface area contributed by atoms with Gasteiger partial charge in [-0.1, -0.05) is 39.0 Å². The molecule has 0 aromatic carbocycles. The minimum atomic E-state index is -0.811. The van der Waals surface area contributed by atoms with E-state index < -0.39 is 11.4 Å². The van der Waals surface area contributed by atoms with Crippen molar-refractivity contribution in [3.05, 3.63) is 5.82 Å². The molecule has 1 aliphatic rings. The van der Waals surface area contributed by atoms with Crippen molar-refractivity contribution in [2.45, 2.75) is 71.8 Å². The number of aryl methyl sites for hydroxylation is 1. The first-order valence-corrected chi connectivity index (χ1v) is 8.03. The van der Waals surface area contributed by atoms with E-state index >= 15 is 0 Å². The quantitative estimate of drug-likeness (QED) is 0.836. The lowest BCUT2D eigenvalue weighted by Crippen LogP contribution is -2.33. The maximum Gasteiger partial charge on any atom is 0.311 e.